The lowest BCUT2D eigenvalue weighted by Crippen LogP contribution is -2.36. The number of benzene rings is 2. The van der Waals surface area contributed by atoms with Crippen LogP contribution in [0.25, 0.3) is 16.7 Å². The number of hydrogen-bond acceptors (Lipinski definition) is 1. The molecule has 0 atom stereocenters. The van der Waals surface area contributed by atoms with Crippen molar-refractivity contribution in [2.24, 2.45) is 10.8 Å². The Bertz CT molecular complexity index is 885. The smallest absolute Gasteiger partial charge is 0.232 e. The van der Waals surface area contributed by atoms with Gasteiger partial charge in [-0.15, -0.1) is 0 Å². The lowest BCUT2D eigenvalue weighted by atomic mass is 9.65. The second kappa shape index (κ2) is 4.83. The molecule has 0 fully saturated rings. The van der Waals surface area contributed by atoms with E-state index in [1.165, 1.54) is 4.74 Å². The van der Waals surface area contributed by atoms with Gasteiger partial charge in [0.2, 0.25) is 11.4 Å². The summed E-state index contributed by atoms with van der Waals surface area (Å²) < 4.78 is 1.19. The Labute approximate surface area is 143 Å². The van der Waals surface area contributed by atoms with Crippen molar-refractivity contribution in [2.75, 3.05) is 0 Å². The van der Waals surface area contributed by atoms with Gasteiger partial charge in [0.1, 0.15) is 0 Å². The van der Waals surface area contributed by atoms with E-state index in [1.54, 1.807) is 0 Å². The molecule has 1 aliphatic carbocycles. The first-order chi connectivity index (χ1) is 11.3. The molecule has 2 aromatic rings. The average Bonchev–Trinajstić information content (AvgIpc) is 2.80. The third-order valence-corrected chi connectivity index (χ3v) is 5.15. The highest BCUT2D eigenvalue weighted by Gasteiger charge is 2.48. The van der Waals surface area contributed by atoms with Crippen LogP contribution in [0.4, 0.5) is 5.69 Å². The van der Waals surface area contributed by atoms with E-state index in [2.05, 4.69) is 64.1 Å². The third-order valence-electron chi connectivity index (χ3n) is 5.15. The van der Waals surface area contributed by atoms with Crippen molar-refractivity contribution in [3.63, 3.8) is 0 Å². The highest BCUT2D eigenvalue weighted by molar-refractivity contribution is 6.28. The zero-order chi connectivity index (χ0) is 17.1. The SMILES string of the molecule is CC1(C)C=C2C(=[N+]([O-])c3c2cccc3-c2ccccc2)C(C)(C)C1. The molecule has 2 heteroatoms. The maximum absolute atomic E-state index is 13.3. The van der Waals surface area contributed by atoms with Crippen LogP contribution in [0, 0.1) is 16.0 Å². The van der Waals surface area contributed by atoms with Gasteiger partial charge in [0.05, 0.1) is 22.1 Å². The average molecular weight is 317 g/mol. The fraction of sp³-hybridized carbons (Fsp3) is 0.318. The van der Waals surface area contributed by atoms with E-state index < -0.39 is 0 Å². The summed E-state index contributed by atoms with van der Waals surface area (Å²) in [7, 11) is 0. The summed E-state index contributed by atoms with van der Waals surface area (Å²) in [6.45, 7) is 8.89. The molecule has 0 amide bonds. The molecule has 2 aromatic carbocycles. The van der Waals surface area contributed by atoms with Crippen LogP contribution in [-0.4, -0.2) is 10.5 Å². The van der Waals surface area contributed by atoms with Crippen LogP contribution in [-0.2, 0) is 0 Å². The van der Waals surface area contributed by atoms with E-state index >= 15 is 0 Å². The van der Waals surface area contributed by atoms with Gasteiger partial charge in [-0.05, 0) is 43.4 Å². The first kappa shape index (κ1) is 15.2. The zero-order valence-corrected chi connectivity index (χ0v) is 14.8. The second-order valence-electron chi connectivity index (χ2n) is 8.32. The molecule has 2 nitrogen and oxygen atoms in total. The number of hydrogen-bond donors (Lipinski definition) is 0. The normalized spacial score (nSPS) is 20.4. The van der Waals surface area contributed by atoms with Crippen LogP contribution in [0.2, 0.25) is 0 Å². The van der Waals surface area contributed by atoms with Crippen molar-refractivity contribution in [3.8, 4) is 11.1 Å². The van der Waals surface area contributed by atoms with Gasteiger partial charge in [0, 0.05) is 0 Å². The predicted octanol–water partition coefficient (Wildman–Crippen LogP) is 5.79. The Balaban J connectivity index is 2.03. The number of nitrogens with zero attached hydrogens (tertiary/aromatic N) is 1. The number of para-hydroxylation sites is 1. The standard InChI is InChI=1S/C22H23NO/c1-21(2)13-18-17-12-8-11-16(15-9-6-5-7-10-15)19(17)23(24)20(18)22(3,4)14-21/h5-13H,14H2,1-4H3. The van der Waals surface area contributed by atoms with Crippen molar-refractivity contribution in [3.05, 3.63) is 65.4 Å². The van der Waals surface area contributed by atoms with Crippen molar-refractivity contribution < 1.29 is 4.74 Å². The van der Waals surface area contributed by atoms with E-state index in [9.17, 15) is 5.21 Å². The van der Waals surface area contributed by atoms with Gasteiger partial charge in [-0.2, -0.15) is 4.74 Å². The van der Waals surface area contributed by atoms with Crippen LogP contribution in [0.5, 0.6) is 0 Å². The molecule has 122 valence electrons. The molecule has 1 aliphatic heterocycles. The molecule has 0 bridgehead atoms. The van der Waals surface area contributed by atoms with E-state index in [0.717, 1.165) is 40.1 Å². The summed E-state index contributed by atoms with van der Waals surface area (Å²) in [6, 6.07) is 16.4. The zero-order valence-electron chi connectivity index (χ0n) is 14.8. The van der Waals surface area contributed by atoms with Gasteiger partial charge in [-0.25, -0.2) is 0 Å². The van der Waals surface area contributed by atoms with Crippen molar-refractivity contribution in [1.29, 1.82) is 0 Å². The minimum Gasteiger partial charge on any atom is -0.618 e. The first-order valence-corrected chi connectivity index (χ1v) is 8.57. The fourth-order valence-electron chi connectivity index (χ4n) is 4.63. The largest absolute Gasteiger partial charge is 0.618 e. The summed E-state index contributed by atoms with van der Waals surface area (Å²) in [4.78, 5) is 0. The quantitative estimate of drug-likeness (QED) is 0.483. The van der Waals surface area contributed by atoms with Gasteiger partial charge in [-0.1, -0.05) is 56.3 Å². The third kappa shape index (κ3) is 2.13. The number of allylic oxidation sites excluding steroid dienone is 2. The molecule has 0 N–H and O–H groups in total. The number of rotatable bonds is 1. The van der Waals surface area contributed by atoms with Gasteiger partial charge in [-0.3, -0.25) is 0 Å². The minimum atomic E-state index is -0.137. The predicted molar refractivity (Wildman–Crippen MR) is 100 cm³/mol. The highest BCUT2D eigenvalue weighted by Crippen LogP contribution is 2.52. The monoisotopic (exact) mass is 317 g/mol. The maximum Gasteiger partial charge on any atom is 0.232 e. The van der Waals surface area contributed by atoms with E-state index in [1.807, 2.05) is 18.2 Å². The van der Waals surface area contributed by atoms with Crippen LogP contribution in [0.1, 0.15) is 39.7 Å². The van der Waals surface area contributed by atoms with E-state index in [4.69, 9.17) is 0 Å². The topological polar surface area (TPSA) is 26.1 Å². The summed E-state index contributed by atoms with van der Waals surface area (Å²) in [5.74, 6) is 0. The number of fused-ring (bicyclic) bond motifs is 3. The molecular weight excluding hydrogens is 294 g/mol. The molecule has 0 aromatic heterocycles. The molecule has 0 saturated heterocycles. The summed E-state index contributed by atoms with van der Waals surface area (Å²) in [5.41, 5.74) is 5.97. The van der Waals surface area contributed by atoms with E-state index in [0.29, 0.717) is 0 Å². The van der Waals surface area contributed by atoms with Gasteiger partial charge < -0.3 is 5.21 Å². The van der Waals surface area contributed by atoms with Crippen LogP contribution in [0.3, 0.4) is 0 Å². The van der Waals surface area contributed by atoms with Crippen molar-refractivity contribution in [2.45, 2.75) is 34.1 Å². The Morgan fingerprint density at radius 1 is 0.875 bits per heavy atom. The molecule has 0 saturated carbocycles. The molecular formula is C22H23NO. The summed E-state index contributed by atoms with van der Waals surface area (Å²) in [5, 5.41) is 13.3. The maximum atomic E-state index is 13.3. The lowest BCUT2D eigenvalue weighted by molar-refractivity contribution is -0.360. The van der Waals surface area contributed by atoms with Crippen molar-refractivity contribution in [1.82, 2.24) is 0 Å². The Morgan fingerprint density at radius 2 is 1.54 bits per heavy atom. The van der Waals surface area contributed by atoms with Gasteiger partial charge >= 0.3 is 0 Å². The lowest BCUT2D eigenvalue weighted by Gasteiger charge is -2.36. The van der Waals surface area contributed by atoms with Crippen LogP contribution < -0.4 is 0 Å². The molecule has 24 heavy (non-hydrogen) atoms. The fourth-order valence-corrected chi connectivity index (χ4v) is 4.63. The molecule has 4 rings (SSSR count). The first-order valence-electron chi connectivity index (χ1n) is 8.57. The Kier molecular flexibility index (Phi) is 3.05. The van der Waals surface area contributed by atoms with Gasteiger partial charge in [0.15, 0.2) is 0 Å². The highest BCUT2D eigenvalue weighted by atomic mass is 16.5. The van der Waals surface area contributed by atoms with Gasteiger partial charge in [0.25, 0.3) is 0 Å². The van der Waals surface area contributed by atoms with Crippen LogP contribution in [0.15, 0.2) is 54.6 Å². The molecule has 2 aliphatic rings. The van der Waals surface area contributed by atoms with Crippen molar-refractivity contribution >= 4 is 17.0 Å². The molecule has 1 heterocycles. The van der Waals surface area contributed by atoms with Crippen LogP contribution >= 0.6 is 0 Å². The Morgan fingerprint density at radius 3 is 2.25 bits per heavy atom. The minimum absolute atomic E-state index is 0.0908. The molecule has 0 unspecified atom stereocenters. The molecule has 0 spiro atoms. The second-order valence-corrected chi connectivity index (χ2v) is 8.32. The summed E-state index contributed by atoms with van der Waals surface area (Å²) in [6.07, 6.45) is 3.27. The Hall–Kier alpha value is -2.35. The van der Waals surface area contributed by atoms with E-state index in [-0.39, 0.29) is 10.8 Å². The molecule has 0 radical (unpaired) electrons. The summed E-state index contributed by atoms with van der Waals surface area (Å²) >= 11 is 0.